The summed E-state index contributed by atoms with van der Waals surface area (Å²) in [7, 11) is 0. The molecule has 1 amide bonds. The highest BCUT2D eigenvalue weighted by atomic mass is 32.1. The van der Waals surface area contributed by atoms with Crippen LogP contribution in [0.3, 0.4) is 0 Å². The molecule has 2 aromatic carbocycles. The highest BCUT2D eigenvalue weighted by molar-refractivity contribution is 7.13. The standard InChI is InChI=1S/C20H12N4O2S2/c25-17-15(13-8-4-5-9-14(13)22-17)16-18(26)24(12-6-2-1-3-7-12)20(28-16)23-19-21-10-11-27-19/h1-11,26H/b23-20+. The highest BCUT2D eigenvalue weighted by Crippen LogP contribution is 2.31. The van der Waals surface area contributed by atoms with Crippen molar-refractivity contribution in [2.45, 2.75) is 0 Å². The van der Waals surface area contributed by atoms with Gasteiger partial charge in [-0.05, 0) is 18.2 Å². The summed E-state index contributed by atoms with van der Waals surface area (Å²) in [5.41, 5.74) is 1.14. The molecule has 1 aliphatic rings. The fourth-order valence-electron chi connectivity index (χ4n) is 3.06. The lowest BCUT2D eigenvalue weighted by atomic mass is 10.1. The maximum Gasteiger partial charge on any atom is 0.279 e. The van der Waals surface area contributed by atoms with Gasteiger partial charge in [0, 0.05) is 16.8 Å². The Bertz CT molecular complexity index is 1380. The van der Waals surface area contributed by atoms with E-state index in [9.17, 15) is 9.90 Å². The number of rotatable bonds is 3. The van der Waals surface area contributed by atoms with Crippen LogP contribution in [-0.4, -0.2) is 20.6 Å². The zero-order valence-electron chi connectivity index (χ0n) is 14.3. The molecule has 0 saturated carbocycles. The number of para-hydroxylation sites is 2. The third-order valence-corrected chi connectivity index (χ3v) is 5.97. The number of benzene rings is 2. The number of amides is 1. The zero-order chi connectivity index (χ0) is 19.1. The molecule has 2 aromatic heterocycles. The van der Waals surface area contributed by atoms with E-state index in [4.69, 9.17) is 0 Å². The molecule has 3 heterocycles. The molecule has 0 fully saturated rings. The molecule has 0 aliphatic carbocycles. The lowest BCUT2D eigenvalue weighted by molar-refractivity contribution is -0.112. The molecule has 0 atom stereocenters. The van der Waals surface area contributed by atoms with Crippen molar-refractivity contribution in [3.8, 4) is 11.6 Å². The topological polar surface area (TPSA) is 79.8 Å². The van der Waals surface area contributed by atoms with Crippen LogP contribution in [0, 0.1) is 0 Å². The Balaban J connectivity index is 1.85. The summed E-state index contributed by atoms with van der Waals surface area (Å²) in [6.07, 6.45) is 1.68. The maximum absolute atomic E-state index is 12.6. The van der Waals surface area contributed by atoms with E-state index in [0.29, 0.717) is 31.0 Å². The molecule has 0 saturated heterocycles. The van der Waals surface area contributed by atoms with Gasteiger partial charge in [0.15, 0.2) is 4.80 Å². The van der Waals surface area contributed by atoms with Crippen LogP contribution in [0.15, 0.2) is 76.2 Å². The average molecular weight is 404 g/mol. The van der Waals surface area contributed by atoms with E-state index in [1.54, 1.807) is 16.8 Å². The van der Waals surface area contributed by atoms with Crippen LogP contribution in [0.5, 0.6) is 5.88 Å². The van der Waals surface area contributed by atoms with Crippen molar-refractivity contribution in [1.29, 1.82) is 0 Å². The molecule has 6 nitrogen and oxygen atoms in total. The average Bonchev–Trinajstić information content (AvgIpc) is 3.40. The Morgan fingerprint density at radius 2 is 1.82 bits per heavy atom. The Kier molecular flexibility index (Phi) is 4.00. The van der Waals surface area contributed by atoms with Crippen molar-refractivity contribution < 1.29 is 9.90 Å². The highest BCUT2D eigenvalue weighted by Gasteiger charge is 2.26. The molecule has 28 heavy (non-hydrogen) atoms. The number of nitrogens with zero attached hydrogens (tertiary/aromatic N) is 4. The molecule has 0 spiro atoms. The molecular formula is C20H12N4O2S2. The summed E-state index contributed by atoms with van der Waals surface area (Å²) in [6, 6.07) is 16.7. The van der Waals surface area contributed by atoms with Crippen molar-refractivity contribution in [3.63, 3.8) is 0 Å². The number of aromatic hydroxyl groups is 1. The summed E-state index contributed by atoms with van der Waals surface area (Å²) in [5, 5.41) is 14.8. The van der Waals surface area contributed by atoms with Crippen LogP contribution in [-0.2, 0) is 4.79 Å². The van der Waals surface area contributed by atoms with Crippen LogP contribution < -0.4 is 15.4 Å². The molecule has 1 aliphatic heterocycles. The van der Waals surface area contributed by atoms with Crippen molar-refractivity contribution in [3.05, 3.63) is 86.4 Å². The Morgan fingerprint density at radius 1 is 1.04 bits per heavy atom. The first-order valence-electron chi connectivity index (χ1n) is 8.39. The van der Waals surface area contributed by atoms with Crippen LogP contribution in [0.1, 0.15) is 4.88 Å². The van der Waals surface area contributed by atoms with Gasteiger partial charge in [-0.1, -0.05) is 47.7 Å². The summed E-state index contributed by atoms with van der Waals surface area (Å²) in [4.78, 5) is 26.5. The molecule has 4 aromatic rings. The third kappa shape index (κ3) is 2.70. The molecule has 8 heteroatoms. The second kappa shape index (κ2) is 6.66. The van der Waals surface area contributed by atoms with Crippen LogP contribution in [0.25, 0.3) is 11.3 Å². The minimum absolute atomic E-state index is 0.0400. The fourth-order valence-corrected chi connectivity index (χ4v) is 4.70. The number of fused-ring (bicyclic) bond motifs is 1. The summed E-state index contributed by atoms with van der Waals surface area (Å²) in [6.45, 7) is 0. The van der Waals surface area contributed by atoms with Crippen molar-refractivity contribution in [2.24, 2.45) is 9.98 Å². The van der Waals surface area contributed by atoms with Gasteiger partial charge in [0.2, 0.25) is 11.0 Å². The van der Waals surface area contributed by atoms with E-state index >= 15 is 0 Å². The second-order valence-corrected chi connectivity index (χ2v) is 7.79. The summed E-state index contributed by atoms with van der Waals surface area (Å²) in [5.74, 6) is -0.402. The van der Waals surface area contributed by atoms with Gasteiger partial charge in [0.05, 0.1) is 16.6 Å². The van der Waals surface area contributed by atoms with Gasteiger partial charge in [-0.3, -0.25) is 9.36 Å². The first-order valence-corrected chi connectivity index (χ1v) is 10.1. The normalized spacial score (nSPS) is 13.6. The largest absolute Gasteiger partial charge is 0.493 e. The number of carbonyl (C=O) groups excluding carboxylic acids is 1. The Hall–Kier alpha value is -3.36. The molecular weight excluding hydrogens is 392 g/mol. The van der Waals surface area contributed by atoms with E-state index in [2.05, 4.69) is 15.0 Å². The van der Waals surface area contributed by atoms with Gasteiger partial charge in [0.25, 0.3) is 5.91 Å². The lowest BCUT2D eigenvalue weighted by Crippen LogP contribution is -2.22. The first kappa shape index (κ1) is 16.8. The predicted molar refractivity (Wildman–Crippen MR) is 107 cm³/mol. The van der Waals surface area contributed by atoms with Gasteiger partial charge < -0.3 is 5.11 Å². The molecule has 1 N–H and O–H groups in total. The van der Waals surface area contributed by atoms with E-state index in [1.165, 1.54) is 22.7 Å². The van der Waals surface area contributed by atoms with E-state index in [0.717, 1.165) is 5.69 Å². The predicted octanol–water partition coefficient (Wildman–Crippen LogP) is 2.29. The van der Waals surface area contributed by atoms with Crippen molar-refractivity contribution >= 4 is 39.3 Å². The molecule has 0 radical (unpaired) electrons. The zero-order valence-corrected chi connectivity index (χ0v) is 15.9. The number of thiazole rings is 2. The second-order valence-electron chi connectivity index (χ2n) is 5.94. The maximum atomic E-state index is 12.6. The number of aromatic nitrogens is 2. The number of carbonyl (C=O) groups is 1. The molecule has 136 valence electrons. The van der Waals surface area contributed by atoms with E-state index in [1.807, 2.05) is 53.9 Å². The Morgan fingerprint density at radius 3 is 2.61 bits per heavy atom. The Labute approximate surface area is 166 Å². The number of hydrogen-bond acceptors (Lipinski definition) is 6. The summed E-state index contributed by atoms with van der Waals surface area (Å²) < 4.78 is 1.63. The third-order valence-electron chi connectivity index (χ3n) is 4.26. The minimum Gasteiger partial charge on any atom is -0.493 e. The van der Waals surface area contributed by atoms with Gasteiger partial charge in [-0.2, -0.15) is 4.99 Å². The van der Waals surface area contributed by atoms with E-state index < -0.39 is 0 Å². The smallest absolute Gasteiger partial charge is 0.279 e. The molecule has 0 bridgehead atoms. The van der Waals surface area contributed by atoms with Crippen molar-refractivity contribution in [2.75, 3.05) is 0 Å². The monoisotopic (exact) mass is 404 g/mol. The van der Waals surface area contributed by atoms with Gasteiger partial charge >= 0.3 is 0 Å². The number of hydrogen-bond donors (Lipinski definition) is 1. The molecule has 5 rings (SSSR count). The van der Waals surface area contributed by atoms with Crippen LogP contribution in [0.2, 0.25) is 0 Å². The van der Waals surface area contributed by atoms with Gasteiger partial charge in [-0.25, -0.2) is 9.98 Å². The van der Waals surface area contributed by atoms with Gasteiger partial charge in [-0.15, -0.1) is 11.3 Å². The molecule has 0 unspecified atom stereocenters. The van der Waals surface area contributed by atoms with Gasteiger partial charge in [0.1, 0.15) is 4.88 Å². The fraction of sp³-hybridized carbons (Fsp3) is 0. The lowest BCUT2D eigenvalue weighted by Gasteiger charge is -2.05. The van der Waals surface area contributed by atoms with Crippen LogP contribution in [0.4, 0.5) is 5.13 Å². The first-order chi connectivity index (χ1) is 13.7. The van der Waals surface area contributed by atoms with Crippen molar-refractivity contribution in [1.82, 2.24) is 9.55 Å². The van der Waals surface area contributed by atoms with E-state index in [-0.39, 0.29) is 11.8 Å². The quantitative estimate of drug-likeness (QED) is 0.569. The van der Waals surface area contributed by atoms with Crippen LogP contribution >= 0.6 is 22.7 Å². The minimum atomic E-state index is -0.362. The summed E-state index contributed by atoms with van der Waals surface area (Å²) >= 11 is 2.64. The SMILES string of the molecule is O=C1N=c2ccccc2=C1c1s/c(=N/c2nccs2)n(-c2ccccc2)c1O.